The predicted octanol–water partition coefficient (Wildman–Crippen LogP) is -0.989. The van der Waals surface area contributed by atoms with Crippen LogP contribution in [0, 0.1) is 0 Å². The van der Waals surface area contributed by atoms with Gasteiger partial charge in [0.1, 0.15) is 0 Å². The molecule has 0 aromatic rings. The second-order valence-electron chi connectivity index (χ2n) is 0.101. The van der Waals surface area contributed by atoms with Crippen LogP contribution in [-0.4, -0.2) is 19.1 Å². The second-order valence-corrected chi connectivity index (χ2v) is 2.73. The average molecular weight is 133 g/mol. The van der Waals surface area contributed by atoms with Gasteiger partial charge in [0.05, 0.1) is 0 Å². The summed E-state index contributed by atoms with van der Waals surface area (Å²) in [4.78, 5) is 0. The first-order chi connectivity index (χ1) is 1.41. The highest BCUT2D eigenvalue weighted by Gasteiger charge is 1.46. The van der Waals surface area contributed by atoms with Gasteiger partial charge >= 0.3 is 0 Å². The van der Waals surface area contributed by atoms with Gasteiger partial charge in [-0.15, -0.1) is 0 Å². The van der Waals surface area contributed by atoms with Crippen molar-refractivity contribution >= 4 is 41.3 Å². The van der Waals surface area contributed by atoms with E-state index in [0.29, 0.717) is 0 Å². The van der Waals surface area contributed by atoms with E-state index in [0.717, 1.165) is 0 Å². The van der Waals surface area contributed by atoms with Crippen LogP contribution in [0.25, 0.3) is 0 Å². The summed E-state index contributed by atoms with van der Waals surface area (Å²) < 4.78 is 0. The Balaban J connectivity index is 0. The Morgan fingerprint density at radius 1 is 1.25 bits per heavy atom. The number of halogens is 2. The smallest absolute Gasteiger partial charge is 0.155 e. The van der Waals surface area contributed by atoms with Crippen LogP contribution in [-0.2, 0) is 0 Å². The standard InChI is InChI=1S/Cl2H2Si.H4Si/c1-3-2;/h3H2;1H4. The van der Waals surface area contributed by atoms with E-state index in [4.69, 9.17) is 22.2 Å². The molecule has 0 heterocycles. The molecule has 0 nitrogen and oxygen atoms in total. The molecule has 0 aliphatic carbocycles. The molecular weight excluding hydrogens is 127 g/mol. The summed E-state index contributed by atoms with van der Waals surface area (Å²) in [6.07, 6.45) is 0. The minimum Gasteiger partial charge on any atom is -0.155 e. The van der Waals surface area contributed by atoms with Crippen molar-refractivity contribution in [2.45, 2.75) is 0 Å². The first kappa shape index (κ1) is 8.89. The molecule has 0 aromatic carbocycles. The third kappa shape index (κ3) is 11.9. The lowest BCUT2D eigenvalue weighted by atomic mass is 27.8. The zero-order valence-electron chi connectivity index (χ0n) is 1.46. The molecule has 0 saturated heterocycles. The van der Waals surface area contributed by atoms with Gasteiger partial charge in [0.2, 0.25) is 8.14 Å². The number of hydrogen-bond acceptors (Lipinski definition) is 0. The Hall–Kier alpha value is 1.01. The summed E-state index contributed by atoms with van der Waals surface area (Å²) in [5.41, 5.74) is 0. The SMILES string of the molecule is Cl[SiH2]Cl.[SiH4]. The third-order valence-electron chi connectivity index (χ3n) is 0. The summed E-state index contributed by atoms with van der Waals surface area (Å²) in [7, 11) is -0.639. The molecule has 4 heavy (non-hydrogen) atoms. The van der Waals surface area contributed by atoms with Crippen LogP contribution in [0.1, 0.15) is 0 Å². The van der Waals surface area contributed by atoms with Gasteiger partial charge < -0.3 is 0 Å². The summed E-state index contributed by atoms with van der Waals surface area (Å²) in [6.45, 7) is 0. The van der Waals surface area contributed by atoms with Crippen molar-refractivity contribution in [2.24, 2.45) is 0 Å². The molecule has 0 aromatic heterocycles. The van der Waals surface area contributed by atoms with Crippen LogP contribution in [0.4, 0.5) is 0 Å². The lowest BCUT2D eigenvalue weighted by Gasteiger charge is -1.39. The molecule has 0 bridgehead atoms. The van der Waals surface area contributed by atoms with E-state index in [-0.39, 0.29) is 11.0 Å². The van der Waals surface area contributed by atoms with Crippen molar-refractivity contribution in [3.05, 3.63) is 0 Å². The number of hydrogen-bond donors (Lipinski definition) is 0. The van der Waals surface area contributed by atoms with Gasteiger partial charge in [0.25, 0.3) is 0 Å². The van der Waals surface area contributed by atoms with E-state index in [1.54, 1.807) is 0 Å². The molecule has 0 radical (unpaired) electrons. The van der Waals surface area contributed by atoms with E-state index in [1.807, 2.05) is 0 Å². The summed E-state index contributed by atoms with van der Waals surface area (Å²) in [6, 6.07) is 0. The summed E-state index contributed by atoms with van der Waals surface area (Å²) in [5.74, 6) is 0. The normalized spacial score (nSPS) is 4.50. The Kier molecular flexibility index (Phi) is 20.0. The van der Waals surface area contributed by atoms with Crippen LogP contribution in [0.2, 0.25) is 0 Å². The van der Waals surface area contributed by atoms with Crippen molar-refractivity contribution in [3.8, 4) is 0 Å². The van der Waals surface area contributed by atoms with Gasteiger partial charge in [-0.25, -0.2) is 0 Å². The van der Waals surface area contributed by atoms with Gasteiger partial charge in [-0.2, -0.15) is 22.2 Å². The summed E-state index contributed by atoms with van der Waals surface area (Å²) >= 11 is 9.81. The molecule has 0 aliphatic heterocycles. The molecule has 0 spiro atoms. The monoisotopic (exact) mass is 132 g/mol. The molecule has 0 amide bonds. The van der Waals surface area contributed by atoms with E-state index in [1.165, 1.54) is 0 Å². The zero-order valence-corrected chi connectivity index (χ0v) is 4.39. The molecule has 0 N–H and O–H groups in total. The first-order valence-electron chi connectivity index (χ1n) is 0.535. The molecule has 28 valence electrons. The summed E-state index contributed by atoms with van der Waals surface area (Å²) in [5, 5.41) is 0. The lowest BCUT2D eigenvalue weighted by Crippen LogP contribution is -1.36. The van der Waals surface area contributed by atoms with Crippen molar-refractivity contribution in [3.63, 3.8) is 0 Å². The molecule has 0 fully saturated rings. The molecule has 0 rings (SSSR count). The molecule has 0 atom stereocenters. The Bertz CT molecular complexity index is 4.00. The van der Waals surface area contributed by atoms with Gasteiger partial charge in [0, 0.05) is 0 Å². The van der Waals surface area contributed by atoms with Crippen molar-refractivity contribution in [1.82, 2.24) is 0 Å². The highest BCUT2D eigenvalue weighted by molar-refractivity contribution is 7.22. The predicted molar refractivity (Wildman–Crippen MR) is 31.6 cm³/mol. The highest BCUT2D eigenvalue weighted by atomic mass is 35.7. The molecular formula is H6Cl2Si2. The quantitative estimate of drug-likeness (QED) is 0.294. The fourth-order valence-electron chi connectivity index (χ4n) is 0. The van der Waals surface area contributed by atoms with Crippen LogP contribution in [0.15, 0.2) is 0 Å². The number of rotatable bonds is 0. The van der Waals surface area contributed by atoms with Crippen LogP contribution >= 0.6 is 22.2 Å². The van der Waals surface area contributed by atoms with Crippen LogP contribution < -0.4 is 0 Å². The minimum atomic E-state index is -0.639. The maximum Gasteiger partial charge on any atom is 0.222 e. The minimum absolute atomic E-state index is 0. The Labute approximate surface area is 41.7 Å². The van der Waals surface area contributed by atoms with Crippen molar-refractivity contribution in [1.29, 1.82) is 0 Å². The maximum absolute atomic E-state index is 4.90. The van der Waals surface area contributed by atoms with E-state index in [9.17, 15) is 0 Å². The molecule has 0 aliphatic rings. The first-order valence-corrected chi connectivity index (χ1v) is 4.81. The fourth-order valence-corrected chi connectivity index (χ4v) is 0. The maximum atomic E-state index is 4.90. The van der Waals surface area contributed by atoms with Gasteiger partial charge in [-0.1, -0.05) is 0 Å². The third-order valence-corrected chi connectivity index (χ3v) is 0. The molecule has 4 heteroatoms. The molecule has 0 unspecified atom stereocenters. The van der Waals surface area contributed by atoms with Crippen LogP contribution in [0.3, 0.4) is 0 Å². The average Bonchev–Trinajstić information content (AvgIpc) is 0.918. The second kappa shape index (κ2) is 8.99. The highest BCUT2D eigenvalue weighted by Crippen LogP contribution is 1.67. The van der Waals surface area contributed by atoms with E-state index in [2.05, 4.69) is 0 Å². The van der Waals surface area contributed by atoms with Crippen molar-refractivity contribution in [2.75, 3.05) is 0 Å². The van der Waals surface area contributed by atoms with Gasteiger partial charge in [-0.05, 0) is 11.0 Å². The Morgan fingerprint density at radius 2 is 1.25 bits per heavy atom. The van der Waals surface area contributed by atoms with Gasteiger partial charge in [0.15, 0.2) is 0 Å². The fraction of sp³-hybridized carbons (Fsp3) is 0. The molecule has 0 saturated carbocycles. The Morgan fingerprint density at radius 3 is 1.25 bits per heavy atom. The van der Waals surface area contributed by atoms with Gasteiger partial charge in [-0.3, -0.25) is 0 Å². The zero-order chi connectivity index (χ0) is 2.71. The van der Waals surface area contributed by atoms with E-state index >= 15 is 0 Å². The topological polar surface area (TPSA) is 0 Å². The van der Waals surface area contributed by atoms with Crippen LogP contribution in [0.5, 0.6) is 0 Å². The largest absolute Gasteiger partial charge is 0.222 e. The van der Waals surface area contributed by atoms with Crippen molar-refractivity contribution < 1.29 is 0 Å². The lowest BCUT2D eigenvalue weighted by molar-refractivity contribution is 4.39. The van der Waals surface area contributed by atoms with E-state index < -0.39 is 8.14 Å².